The summed E-state index contributed by atoms with van der Waals surface area (Å²) >= 11 is 9.74. The van der Waals surface area contributed by atoms with Gasteiger partial charge >= 0.3 is 0 Å². The van der Waals surface area contributed by atoms with Crippen LogP contribution in [-0.2, 0) is 0 Å². The van der Waals surface area contributed by atoms with Crippen molar-refractivity contribution in [2.45, 2.75) is 26.3 Å². The smallest absolute Gasteiger partial charge is 0.0417 e. The molecule has 1 saturated heterocycles. The van der Waals surface area contributed by atoms with Crippen LogP contribution >= 0.6 is 27.5 Å². The van der Waals surface area contributed by atoms with E-state index >= 15 is 0 Å². The number of benzene rings is 1. The molecule has 0 amide bonds. The van der Waals surface area contributed by atoms with E-state index in [1.54, 1.807) is 0 Å². The summed E-state index contributed by atoms with van der Waals surface area (Å²) in [5.74, 6) is 0.683. The van der Waals surface area contributed by atoms with Crippen LogP contribution in [0.3, 0.4) is 0 Å². The molecule has 19 heavy (non-hydrogen) atoms. The summed E-state index contributed by atoms with van der Waals surface area (Å²) in [7, 11) is 0. The summed E-state index contributed by atoms with van der Waals surface area (Å²) in [6, 6.07) is 6.65. The summed E-state index contributed by atoms with van der Waals surface area (Å²) < 4.78 is 1.13. The topological polar surface area (TPSA) is 15.3 Å². The molecular formula is C15H22BrClN2. The molecule has 1 aromatic rings. The molecule has 1 atom stereocenters. The molecule has 2 rings (SSSR count). The average Bonchev–Trinajstić information content (AvgIpc) is 2.37. The van der Waals surface area contributed by atoms with Crippen LogP contribution in [-0.4, -0.2) is 31.1 Å². The number of halogens is 2. The van der Waals surface area contributed by atoms with Gasteiger partial charge in [-0.25, -0.2) is 0 Å². The van der Waals surface area contributed by atoms with Gasteiger partial charge in [0.1, 0.15) is 0 Å². The number of hydrogen-bond donors (Lipinski definition) is 1. The largest absolute Gasteiger partial charge is 0.314 e. The molecule has 106 valence electrons. The van der Waals surface area contributed by atoms with Gasteiger partial charge < -0.3 is 5.32 Å². The molecule has 2 nitrogen and oxygen atoms in total. The summed E-state index contributed by atoms with van der Waals surface area (Å²) in [5.41, 5.74) is 1.36. The van der Waals surface area contributed by atoms with Crippen molar-refractivity contribution in [1.29, 1.82) is 0 Å². The lowest BCUT2D eigenvalue weighted by atomic mass is 9.95. The lowest BCUT2D eigenvalue weighted by Crippen LogP contribution is -2.45. The van der Waals surface area contributed by atoms with Crippen molar-refractivity contribution in [3.05, 3.63) is 33.3 Å². The van der Waals surface area contributed by atoms with Crippen molar-refractivity contribution in [2.24, 2.45) is 5.92 Å². The third-order valence-electron chi connectivity index (χ3n) is 3.61. The van der Waals surface area contributed by atoms with Crippen LogP contribution in [0, 0.1) is 5.92 Å². The second-order valence-electron chi connectivity index (χ2n) is 5.60. The lowest BCUT2D eigenvalue weighted by Gasteiger charge is -2.36. The summed E-state index contributed by atoms with van der Waals surface area (Å²) in [5, 5.41) is 4.21. The summed E-state index contributed by atoms with van der Waals surface area (Å²) in [6.45, 7) is 8.98. The molecule has 0 aliphatic carbocycles. The average molecular weight is 346 g/mol. The first-order valence-corrected chi connectivity index (χ1v) is 8.14. The van der Waals surface area contributed by atoms with Gasteiger partial charge in [0.05, 0.1) is 0 Å². The van der Waals surface area contributed by atoms with Crippen molar-refractivity contribution >= 4 is 27.5 Å². The molecule has 0 radical (unpaired) electrons. The first-order valence-electron chi connectivity index (χ1n) is 6.97. The third-order valence-corrected chi connectivity index (χ3v) is 4.53. The Hall–Kier alpha value is -0.0900. The minimum Gasteiger partial charge on any atom is -0.314 e. The predicted molar refractivity (Wildman–Crippen MR) is 85.8 cm³/mol. The van der Waals surface area contributed by atoms with Crippen molar-refractivity contribution in [2.75, 3.05) is 26.2 Å². The molecule has 0 spiro atoms. The highest BCUT2D eigenvalue weighted by atomic mass is 79.9. The highest BCUT2D eigenvalue weighted by molar-refractivity contribution is 9.10. The molecule has 1 aliphatic heterocycles. The SMILES string of the molecule is CC(C)C[C@H](c1ccc(Cl)cc1Br)N1CCNCC1. The van der Waals surface area contributed by atoms with Crippen LogP contribution in [0.4, 0.5) is 0 Å². The molecular weight excluding hydrogens is 324 g/mol. The fourth-order valence-electron chi connectivity index (χ4n) is 2.68. The second kappa shape index (κ2) is 7.07. The van der Waals surface area contributed by atoms with E-state index in [9.17, 15) is 0 Å². The quantitative estimate of drug-likeness (QED) is 0.884. The zero-order valence-corrected chi connectivity index (χ0v) is 14.0. The Balaban J connectivity index is 2.25. The molecule has 0 bridgehead atoms. The van der Waals surface area contributed by atoms with Crippen LogP contribution in [0.25, 0.3) is 0 Å². The highest BCUT2D eigenvalue weighted by Gasteiger charge is 2.24. The zero-order chi connectivity index (χ0) is 13.8. The van der Waals surface area contributed by atoms with E-state index in [1.165, 1.54) is 12.0 Å². The highest BCUT2D eigenvalue weighted by Crippen LogP contribution is 2.34. The lowest BCUT2D eigenvalue weighted by molar-refractivity contribution is 0.153. The molecule has 4 heteroatoms. The van der Waals surface area contributed by atoms with Crippen molar-refractivity contribution in [1.82, 2.24) is 10.2 Å². The normalized spacial score (nSPS) is 18.8. The van der Waals surface area contributed by atoms with Crippen molar-refractivity contribution in [3.63, 3.8) is 0 Å². The fourth-order valence-corrected chi connectivity index (χ4v) is 3.63. The van der Waals surface area contributed by atoms with E-state index in [0.717, 1.165) is 35.7 Å². The monoisotopic (exact) mass is 344 g/mol. The number of nitrogens with one attached hydrogen (secondary N) is 1. The van der Waals surface area contributed by atoms with E-state index < -0.39 is 0 Å². The van der Waals surface area contributed by atoms with Gasteiger partial charge in [0.2, 0.25) is 0 Å². The Bertz CT molecular complexity index is 417. The van der Waals surface area contributed by atoms with E-state index in [-0.39, 0.29) is 0 Å². The third kappa shape index (κ3) is 4.19. The van der Waals surface area contributed by atoms with Crippen LogP contribution in [0.1, 0.15) is 31.9 Å². The van der Waals surface area contributed by atoms with Crippen LogP contribution < -0.4 is 5.32 Å². The molecule has 1 aromatic carbocycles. The van der Waals surface area contributed by atoms with Gasteiger partial charge in [0.15, 0.2) is 0 Å². The number of piperazine rings is 1. The summed E-state index contributed by atoms with van der Waals surface area (Å²) in [6.07, 6.45) is 1.18. The maximum atomic E-state index is 6.06. The van der Waals surface area contributed by atoms with E-state index in [0.29, 0.717) is 12.0 Å². The standard InChI is InChI=1S/C15H22BrClN2/c1-11(2)9-15(19-7-5-18-6-8-19)13-4-3-12(17)10-14(13)16/h3-4,10-11,15,18H,5-9H2,1-2H3/t15-/m1/s1. The number of nitrogens with zero attached hydrogens (tertiary/aromatic N) is 1. The van der Waals surface area contributed by atoms with Gasteiger partial charge in [-0.2, -0.15) is 0 Å². The van der Waals surface area contributed by atoms with E-state index in [2.05, 4.69) is 46.1 Å². The molecule has 0 aromatic heterocycles. The van der Waals surface area contributed by atoms with Gasteiger partial charge in [-0.3, -0.25) is 4.90 Å². The first-order chi connectivity index (χ1) is 9.08. The van der Waals surface area contributed by atoms with Gasteiger partial charge in [-0.05, 0) is 30.0 Å². The predicted octanol–water partition coefficient (Wildman–Crippen LogP) is 4.09. The van der Waals surface area contributed by atoms with E-state index in [1.807, 2.05) is 12.1 Å². The minimum atomic E-state index is 0.480. The van der Waals surface area contributed by atoms with Crippen molar-refractivity contribution in [3.8, 4) is 0 Å². The molecule has 0 saturated carbocycles. The Kier molecular flexibility index (Phi) is 5.70. The minimum absolute atomic E-state index is 0.480. The number of rotatable bonds is 4. The first kappa shape index (κ1) is 15.3. The zero-order valence-electron chi connectivity index (χ0n) is 11.6. The molecule has 0 unspecified atom stereocenters. The van der Waals surface area contributed by atoms with Crippen LogP contribution in [0.2, 0.25) is 5.02 Å². The van der Waals surface area contributed by atoms with Gasteiger partial charge in [0.25, 0.3) is 0 Å². The van der Waals surface area contributed by atoms with Crippen molar-refractivity contribution < 1.29 is 0 Å². The molecule has 1 aliphatic rings. The maximum Gasteiger partial charge on any atom is 0.0417 e. The van der Waals surface area contributed by atoms with Crippen LogP contribution in [0.15, 0.2) is 22.7 Å². The second-order valence-corrected chi connectivity index (χ2v) is 6.89. The number of hydrogen-bond acceptors (Lipinski definition) is 2. The Morgan fingerprint density at radius 3 is 2.58 bits per heavy atom. The Morgan fingerprint density at radius 1 is 1.32 bits per heavy atom. The van der Waals surface area contributed by atoms with Gasteiger partial charge in [-0.15, -0.1) is 0 Å². The van der Waals surface area contributed by atoms with Gasteiger partial charge in [-0.1, -0.05) is 47.4 Å². The fraction of sp³-hybridized carbons (Fsp3) is 0.600. The Labute approximate surface area is 129 Å². The maximum absolute atomic E-state index is 6.06. The molecule has 1 heterocycles. The van der Waals surface area contributed by atoms with E-state index in [4.69, 9.17) is 11.6 Å². The molecule has 1 N–H and O–H groups in total. The summed E-state index contributed by atoms with van der Waals surface area (Å²) in [4.78, 5) is 2.59. The van der Waals surface area contributed by atoms with Gasteiger partial charge in [0, 0.05) is 41.7 Å². The van der Waals surface area contributed by atoms with Crippen LogP contribution in [0.5, 0.6) is 0 Å². The Morgan fingerprint density at radius 2 is 2.00 bits per heavy atom. The molecule has 1 fully saturated rings.